The van der Waals surface area contributed by atoms with Gasteiger partial charge in [0.05, 0.1) is 5.02 Å². The van der Waals surface area contributed by atoms with E-state index in [0.29, 0.717) is 5.25 Å². The molecule has 12 heavy (non-hydrogen) atoms. The van der Waals surface area contributed by atoms with Gasteiger partial charge in [-0.25, -0.2) is 0 Å². The minimum Gasteiger partial charge on any atom is -0.323 e. The van der Waals surface area contributed by atoms with Crippen molar-refractivity contribution in [3.8, 4) is 0 Å². The molecule has 2 unspecified atom stereocenters. The Hall–Kier alpha value is -0.180. The molecule has 0 bridgehead atoms. The van der Waals surface area contributed by atoms with Crippen molar-refractivity contribution in [2.75, 3.05) is 0 Å². The number of thioether (sulfide) groups is 1. The van der Waals surface area contributed by atoms with Crippen molar-refractivity contribution in [3.63, 3.8) is 0 Å². The summed E-state index contributed by atoms with van der Waals surface area (Å²) < 4.78 is 0. The van der Waals surface area contributed by atoms with Crippen LogP contribution in [0.25, 0.3) is 0 Å². The minimum atomic E-state index is 0.142. The van der Waals surface area contributed by atoms with Crippen LogP contribution in [0.2, 0.25) is 5.02 Å². The number of halogens is 1. The average Bonchev–Trinajstić information content (AvgIpc) is 2.32. The lowest BCUT2D eigenvalue weighted by Crippen LogP contribution is -2.15. The van der Waals surface area contributed by atoms with Gasteiger partial charge in [-0.15, -0.1) is 11.8 Å². The van der Waals surface area contributed by atoms with E-state index in [-0.39, 0.29) is 6.04 Å². The van der Waals surface area contributed by atoms with E-state index in [9.17, 15) is 0 Å². The third kappa shape index (κ3) is 1.15. The Kier molecular flexibility index (Phi) is 2.07. The molecule has 0 saturated carbocycles. The van der Waals surface area contributed by atoms with Crippen molar-refractivity contribution in [3.05, 3.63) is 28.8 Å². The predicted molar refractivity (Wildman–Crippen MR) is 53.7 cm³/mol. The molecule has 0 spiro atoms. The highest BCUT2D eigenvalue weighted by Gasteiger charge is 2.28. The van der Waals surface area contributed by atoms with Crippen LogP contribution in [-0.2, 0) is 0 Å². The molecule has 1 aromatic carbocycles. The first-order valence-electron chi connectivity index (χ1n) is 3.91. The molecule has 3 heteroatoms. The number of hydrogen-bond donors (Lipinski definition) is 1. The number of rotatable bonds is 0. The van der Waals surface area contributed by atoms with E-state index in [1.165, 1.54) is 10.5 Å². The second kappa shape index (κ2) is 2.95. The fourth-order valence-corrected chi connectivity index (χ4v) is 2.93. The molecule has 0 radical (unpaired) electrons. The highest BCUT2D eigenvalue weighted by molar-refractivity contribution is 8.00. The quantitative estimate of drug-likeness (QED) is 0.696. The number of benzene rings is 1. The Morgan fingerprint density at radius 3 is 2.92 bits per heavy atom. The minimum absolute atomic E-state index is 0.142. The first kappa shape index (κ1) is 8.42. The zero-order valence-corrected chi connectivity index (χ0v) is 8.32. The van der Waals surface area contributed by atoms with E-state index in [1.807, 2.05) is 12.1 Å². The fourth-order valence-electron chi connectivity index (χ4n) is 1.42. The topological polar surface area (TPSA) is 26.0 Å². The van der Waals surface area contributed by atoms with E-state index in [4.69, 9.17) is 17.3 Å². The van der Waals surface area contributed by atoms with Crippen molar-refractivity contribution in [2.45, 2.75) is 23.1 Å². The molecule has 1 aliphatic heterocycles. The van der Waals surface area contributed by atoms with Crippen LogP contribution in [0.5, 0.6) is 0 Å². The molecule has 1 aliphatic rings. The van der Waals surface area contributed by atoms with Crippen LogP contribution < -0.4 is 5.73 Å². The molecular weight excluding hydrogens is 190 g/mol. The maximum Gasteiger partial charge on any atom is 0.0545 e. The molecule has 0 fully saturated rings. The van der Waals surface area contributed by atoms with Crippen LogP contribution in [0.1, 0.15) is 18.5 Å². The van der Waals surface area contributed by atoms with Gasteiger partial charge in [0, 0.05) is 16.2 Å². The zero-order valence-electron chi connectivity index (χ0n) is 6.75. The summed E-state index contributed by atoms with van der Waals surface area (Å²) in [6.07, 6.45) is 0. The van der Waals surface area contributed by atoms with Gasteiger partial charge in [0.25, 0.3) is 0 Å². The first-order valence-corrected chi connectivity index (χ1v) is 5.16. The molecule has 1 aromatic rings. The average molecular weight is 200 g/mol. The molecule has 0 aromatic heterocycles. The predicted octanol–water partition coefficient (Wildman–Crippen LogP) is 2.83. The number of nitrogens with two attached hydrogens (primary N) is 1. The van der Waals surface area contributed by atoms with Crippen molar-refractivity contribution in [1.29, 1.82) is 0 Å². The van der Waals surface area contributed by atoms with E-state index in [0.717, 1.165) is 5.02 Å². The van der Waals surface area contributed by atoms with Crippen LogP contribution in [-0.4, -0.2) is 5.25 Å². The van der Waals surface area contributed by atoms with E-state index in [2.05, 4.69) is 13.0 Å². The largest absolute Gasteiger partial charge is 0.323 e. The maximum absolute atomic E-state index is 6.02. The van der Waals surface area contributed by atoms with Gasteiger partial charge in [0.2, 0.25) is 0 Å². The summed E-state index contributed by atoms with van der Waals surface area (Å²) in [5.74, 6) is 0. The molecule has 1 heterocycles. The van der Waals surface area contributed by atoms with Crippen molar-refractivity contribution in [1.82, 2.24) is 0 Å². The lowest BCUT2D eigenvalue weighted by molar-refractivity contribution is 0.725. The van der Waals surface area contributed by atoms with Crippen LogP contribution in [0.15, 0.2) is 23.1 Å². The monoisotopic (exact) mass is 199 g/mol. The first-order chi connectivity index (χ1) is 5.70. The lowest BCUT2D eigenvalue weighted by atomic mass is 10.1. The standard InChI is InChI=1S/C9H10ClNS/c1-5-8(11)6-3-2-4-7(10)9(6)12-5/h2-5,8H,11H2,1H3. The summed E-state index contributed by atoms with van der Waals surface area (Å²) in [6, 6.07) is 6.07. The summed E-state index contributed by atoms with van der Waals surface area (Å²) in [7, 11) is 0. The van der Waals surface area contributed by atoms with Gasteiger partial charge < -0.3 is 5.73 Å². The van der Waals surface area contributed by atoms with Crippen LogP contribution in [0, 0.1) is 0 Å². The smallest absolute Gasteiger partial charge is 0.0545 e. The molecule has 0 aliphatic carbocycles. The van der Waals surface area contributed by atoms with Crippen molar-refractivity contribution >= 4 is 23.4 Å². The Balaban J connectivity index is 2.53. The molecular formula is C9H10ClNS. The van der Waals surface area contributed by atoms with Gasteiger partial charge in [-0.2, -0.15) is 0 Å². The van der Waals surface area contributed by atoms with Gasteiger partial charge >= 0.3 is 0 Å². The summed E-state index contributed by atoms with van der Waals surface area (Å²) in [4.78, 5) is 1.17. The molecule has 0 amide bonds. The summed E-state index contributed by atoms with van der Waals surface area (Å²) in [6.45, 7) is 2.13. The Bertz CT molecular complexity index is 313. The van der Waals surface area contributed by atoms with Gasteiger partial charge in [-0.3, -0.25) is 0 Å². The maximum atomic E-state index is 6.02. The Labute approximate surface area is 81.3 Å². The highest BCUT2D eigenvalue weighted by atomic mass is 35.5. The second-order valence-electron chi connectivity index (χ2n) is 3.01. The normalized spacial score (nSPS) is 27.2. The Morgan fingerprint density at radius 2 is 2.25 bits per heavy atom. The fraction of sp³-hybridized carbons (Fsp3) is 0.333. The van der Waals surface area contributed by atoms with Crippen LogP contribution in [0.3, 0.4) is 0 Å². The van der Waals surface area contributed by atoms with Crippen LogP contribution >= 0.6 is 23.4 Å². The number of fused-ring (bicyclic) bond motifs is 1. The summed E-state index contributed by atoms with van der Waals surface area (Å²) in [5.41, 5.74) is 7.17. The molecule has 64 valence electrons. The van der Waals surface area contributed by atoms with Crippen LogP contribution in [0.4, 0.5) is 0 Å². The molecule has 2 atom stereocenters. The third-order valence-corrected chi connectivity index (χ3v) is 3.95. The van der Waals surface area contributed by atoms with Gasteiger partial charge in [0.1, 0.15) is 0 Å². The molecule has 2 rings (SSSR count). The van der Waals surface area contributed by atoms with Gasteiger partial charge in [0.15, 0.2) is 0 Å². The molecule has 1 nitrogen and oxygen atoms in total. The third-order valence-electron chi connectivity index (χ3n) is 2.17. The van der Waals surface area contributed by atoms with Gasteiger partial charge in [-0.1, -0.05) is 30.7 Å². The second-order valence-corrected chi connectivity index (χ2v) is 4.80. The summed E-state index contributed by atoms with van der Waals surface area (Å²) in [5, 5.41) is 1.28. The molecule has 2 N–H and O–H groups in total. The molecule has 0 saturated heterocycles. The SMILES string of the molecule is CC1Sc2c(Cl)cccc2C1N. The number of hydrogen-bond acceptors (Lipinski definition) is 2. The van der Waals surface area contributed by atoms with Gasteiger partial charge in [-0.05, 0) is 11.6 Å². The summed E-state index contributed by atoms with van der Waals surface area (Å²) >= 11 is 7.79. The van der Waals surface area contributed by atoms with E-state index in [1.54, 1.807) is 11.8 Å². The Morgan fingerprint density at radius 1 is 1.50 bits per heavy atom. The lowest BCUT2D eigenvalue weighted by Gasteiger charge is -2.07. The highest BCUT2D eigenvalue weighted by Crippen LogP contribution is 2.45. The van der Waals surface area contributed by atoms with E-state index >= 15 is 0 Å². The van der Waals surface area contributed by atoms with Crippen molar-refractivity contribution < 1.29 is 0 Å². The van der Waals surface area contributed by atoms with Crippen molar-refractivity contribution in [2.24, 2.45) is 5.73 Å². The van der Waals surface area contributed by atoms with E-state index < -0.39 is 0 Å². The zero-order chi connectivity index (χ0) is 8.72.